The van der Waals surface area contributed by atoms with Crippen LogP contribution >= 0.6 is 11.6 Å². The molecule has 140 valence electrons. The predicted octanol–water partition coefficient (Wildman–Crippen LogP) is 3.56. The van der Waals surface area contributed by atoms with Crippen LogP contribution in [-0.4, -0.2) is 44.6 Å². The molecule has 1 aromatic carbocycles. The molecular weight excluding hydrogens is 364 g/mol. The second-order valence-corrected chi connectivity index (χ2v) is 7.24. The van der Waals surface area contributed by atoms with E-state index < -0.39 is 6.10 Å². The summed E-state index contributed by atoms with van der Waals surface area (Å²) in [4.78, 5) is 14.6. The van der Waals surface area contributed by atoms with Crippen molar-refractivity contribution in [2.45, 2.75) is 31.8 Å². The molecule has 1 fully saturated rings. The summed E-state index contributed by atoms with van der Waals surface area (Å²) in [6.07, 6.45) is 3.20. The van der Waals surface area contributed by atoms with Gasteiger partial charge in [-0.15, -0.1) is 10.2 Å². The molecule has 0 aliphatic carbocycles. The monoisotopic (exact) mass is 384 g/mol. The van der Waals surface area contributed by atoms with Crippen molar-refractivity contribution in [2.75, 3.05) is 13.1 Å². The third kappa shape index (κ3) is 3.76. The Hall–Kier alpha value is -2.60. The van der Waals surface area contributed by atoms with Crippen molar-refractivity contribution >= 4 is 23.2 Å². The molecule has 1 saturated heterocycles. The Kier molecular flexibility index (Phi) is 4.99. The third-order valence-electron chi connectivity index (χ3n) is 4.99. The zero-order chi connectivity index (χ0) is 18.8. The number of aromatic nitrogens is 3. The number of likely N-dealkylation sites (tertiary alicyclic amines) is 1. The summed E-state index contributed by atoms with van der Waals surface area (Å²) in [5.74, 6) is 1.93. The van der Waals surface area contributed by atoms with E-state index in [4.69, 9.17) is 16.3 Å². The summed E-state index contributed by atoms with van der Waals surface area (Å²) in [6, 6.07) is 12.9. The van der Waals surface area contributed by atoms with Crippen LogP contribution in [0.25, 0.3) is 5.65 Å². The van der Waals surface area contributed by atoms with E-state index in [2.05, 4.69) is 10.2 Å². The third-order valence-corrected chi connectivity index (χ3v) is 5.24. The first-order chi connectivity index (χ1) is 13.1. The number of carbonyl (C=O) groups is 1. The molecule has 0 radical (unpaired) electrons. The SMILES string of the molecule is C[C@H](Oc1ccc(Cl)cc1)C(=O)N1CCC(c2nnc3ccccn23)CC1. The normalized spacial score (nSPS) is 16.4. The van der Waals surface area contributed by atoms with E-state index in [1.807, 2.05) is 33.7 Å². The fraction of sp³-hybridized carbons (Fsp3) is 0.350. The van der Waals surface area contributed by atoms with E-state index in [1.165, 1.54) is 0 Å². The Morgan fingerprint density at radius 1 is 1.15 bits per heavy atom. The Morgan fingerprint density at radius 2 is 1.89 bits per heavy atom. The fourth-order valence-corrected chi connectivity index (χ4v) is 3.65. The highest BCUT2D eigenvalue weighted by Crippen LogP contribution is 2.27. The topological polar surface area (TPSA) is 59.7 Å². The van der Waals surface area contributed by atoms with Gasteiger partial charge in [0.25, 0.3) is 5.91 Å². The van der Waals surface area contributed by atoms with E-state index in [1.54, 1.807) is 31.2 Å². The number of benzene rings is 1. The van der Waals surface area contributed by atoms with Crippen molar-refractivity contribution in [3.8, 4) is 5.75 Å². The van der Waals surface area contributed by atoms with E-state index in [0.717, 1.165) is 24.3 Å². The number of pyridine rings is 1. The highest BCUT2D eigenvalue weighted by atomic mass is 35.5. The van der Waals surface area contributed by atoms with Gasteiger partial charge in [-0.3, -0.25) is 9.20 Å². The Morgan fingerprint density at radius 3 is 2.63 bits per heavy atom. The fourth-order valence-electron chi connectivity index (χ4n) is 3.52. The molecule has 0 spiro atoms. The number of piperidine rings is 1. The van der Waals surface area contributed by atoms with Crippen LogP contribution in [0.5, 0.6) is 5.75 Å². The summed E-state index contributed by atoms with van der Waals surface area (Å²) < 4.78 is 7.80. The van der Waals surface area contributed by atoms with E-state index >= 15 is 0 Å². The number of hydrogen-bond acceptors (Lipinski definition) is 4. The molecule has 0 bridgehead atoms. The lowest BCUT2D eigenvalue weighted by molar-refractivity contribution is -0.139. The number of rotatable bonds is 4. The van der Waals surface area contributed by atoms with E-state index in [-0.39, 0.29) is 5.91 Å². The molecule has 3 heterocycles. The van der Waals surface area contributed by atoms with Crippen LogP contribution in [0.15, 0.2) is 48.7 Å². The first-order valence-electron chi connectivity index (χ1n) is 9.12. The number of fused-ring (bicyclic) bond motifs is 1. The first kappa shape index (κ1) is 17.8. The van der Waals surface area contributed by atoms with Gasteiger partial charge in [-0.05, 0) is 56.2 Å². The zero-order valence-electron chi connectivity index (χ0n) is 15.1. The summed E-state index contributed by atoms with van der Waals surface area (Å²) in [5.41, 5.74) is 0.857. The number of halogens is 1. The average molecular weight is 385 g/mol. The second kappa shape index (κ2) is 7.56. The van der Waals surface area contributed by atoms with Gasteiger partial charge in [0.2, 0.25) is 0 Å². The largest absolute Gasteiger partial charge is 0.481 e. The van der Waals surface area contributed by atoms with Crippen LogP contribution < -0.4 is 4.74 Å². The molecule has 7 heteroatoms. The number of amides is 1. The maximum atomic E-state index is 12.7. The zero-order valence-corrected chi connectivity index (χ0v) is 15.8. The Labute approximate surface area is 162 Å². The van der Waals surface area contributed by atoms with Gasteiger partial charge in [0.05, 0.1) is 0 Å². The highest BCUT2D eigenvalue weighted by Gasteiger charge is 2.29. The maximum absolute atomic E-state index is 12.7. The van der Waals surface area contributed by atoms with Gasteiger partial charge in [-0.25, -0.2) is 0 Å². The van der Waals surface area contributed by atoms with Crippen molar-refractivity contribution in [1.29, 1.82) is 0 Å². The second-order valence-electron chi connectivity index (χ2n) is 6.80. The van der Waals surface area contributed by atoms with Crippen LogP contribution in [0, 0.1) is 0 Å². The lowest BCUT2D eigenvalue weighted by Gasteiger charge is -2.32. The lowest BCUT2D eigenvalue weighted by atomic mass is 9.95. The van der Waals surface area contributed by atoms with Crippen LogP contribution in [0.1, 0.15) is 31.5 Å². The summed E-state index contributed by atoms with van der Waals surface area (Å²) in [5, 5.41) is 9.24. The minimum Gasteiger partial charge on any atom is -0.481 e. The van der Waals surface area contributed by atoms with Gasteiger partial charge in [-0.1, -0.05) is 17.7 Å². The summed E-state index contributed by atoms with van der Waals surface area (Å²) in [7, 11) is 0. The van der Waals surface area contributed by atoms with Crippen molar-refractivity contribution in [2.24, 2.45) is 0 Å². The van der Waals surface area contributed by atoms with Gasteiger partial charge in [0.15, 0.2) is 11.8 Å². The van der Waals surface area contributed by atoms with Gasteiger partial charge in [0, 0.05) is 30.2 Å². The highest BCUT2D eigenvalue weighted by molar-refractivity contribution is 6.30. The first-order valence-corrected chi connectivity index (χ1v) is 9.50. The van der Waals surface area contributed by atoms with Crippen LogP contribution in [0.2, 0.25) is 5.02 Å². The number of ether oxygens (including phenoxy) is 1. The minimum atomic E-state index is -0.531. The predicted molar refractivity (Wildman–Crippen MR) is 103 cm³/mol. The molecule has 6 nitrogen and oxygen atoms in total. The summed E-state index contributed by atoms with van der Waals surface area (Å²) in [6.45, 7) is 3.17. The van der Waals surface area contributed by atoms with Crippen molar-refractivity contribution in [3.63, 3.8) is 0 Å². The minimum absolute atomic E-state index is 0.00880. The molecule has 0 N–H and O–H groups in total. The van der Waals surface area contributed by atoms with Gasteiger partial charge in [-0.2, -0.15) is 0 Å². The van der Waals surface area contributed by atoms with Crippen molar-refractivity contribution in [1.82, 2.24) is 19.5 Å². The van der Waals surface area contributed by atoms with Crippen LogP contribution in [0.4, 0.5) is 0 Å². The maximum Gasteiger partial charge on any atom is 0.263 e. The molecule has 3 aromatic rings. The van der Waals surface area contributed by atoms with Gasteiger partial charge in [0.1, 0.15) is 11.6 Å². The molecular formula is C20H21ClN4O2. The standard InChI is InChI=1S/C20H21ClN4O2/c1-14(27-17-7-5-16(21)6-8-17)20(26)24-12-9-15(10-13-24)19-23-22-18-4-2-3-11-25(18)19/h2-8,11,14-15H,9-10,12-13H2,1H3/t14-/m0/s1. The van der Waals surface area contributed by atoms with E-state index in [0.29, 0.717) is 29.8 Å². The molecule has 1 aliphatic rings. The number of carbonyl (C=O) groups excluding carboxylic acids is 1. The molecule has 1 atom stereocenters. The molecule has 2 aromatic heterocycles. The quantitative estimate of drug-likeness (QED) is 0.690. The van der Waals surface area contributed by atoms with Crippen LogP contribution in [0.3, 0.4) is 0 Å². The lowest BCUT2D eigenvalue weighted by Crippen LogP contribution is -2.44. The molecule has 4 rings (SSSR count). The molecule has 1 aliphatic heterocycles. The molecule has 27 heavy (non-hydrogen) atoms. The Bertz CT molecular complexity index is 933. The molecule has 0 saturated carbocycles. The van der Waals surface area contributed by atoms with Gasteiger partial charge < -0.3 is 9.64 Å². The van der Waals surface area contributed by atoms with Crippen LogP contribution in [-0.2, 0) is 4.79 Å². The van der Waals surface area contributed by atoms with Crippen molar-refractivity contribution < 1.29 is 9.53 Å². The summed E-state index contributed by atoms with van der Waals surface area (Å²) >= 11 is 5.88. The van der Waals surface area contributed by atoms with Gasteiger partial charge >= 0.3 is 0 Å². The molecule has 0 unspecified atom stereocenters. The van der Waals surface area contributed by atoms with E-state index in [9.17, 15) is 4.79 Å². The molecule has 1 amide bonds. The smallest absolute Gasteiger partial charge is 0.263 e. The number of nitrogens with zero attached hydrogens (tertiary/aromatic N) is 4. The average Bonchev–Trinajstić information content (AvgIpc) is 3.13. The Balaban J connectivity index is 1.37. The number of hydrogen-bond donors (Lipinski definition) is 0. The van der Waals surface area contributed by atoms with Crippen molar-refractivity contribution in [3.05, 3.63) is 59.5 Å².